The number of benzene rings is 3. The largest absolute Gasteiger partial charge is 0.467 e. The van der Waals surface area contributed by atoms with Gasteiger partial charge in [-0.3, -0.25) is 14.9 Å². The molecule has 10 nitrogen and oxygen atoms in total. The van der Waals surface area contributed by atoms with Crippen LogP contribution in [-0.2, 0) is 30.8 Å². The second-order valence-electron chi connectivity index (χ2n) is 9.99. The number of hydrogen-bond acceptors (Lipinski definition) is 7. The summed E-state index contributed by atoms with van der Waals surface area (Å²) in [5.74, 6) is -0.900. The van der Waals surface area contributed by atoms with Crippen molar-refractivity contribution >= 4 is 38.4 Å². The van der Waals surface area contributed by atoms with Gasteiger partial charge < -0.3 is 9.64 Å². The summed E-state index contributed by atoms with van der Waals surface area (Å²) in [6.45, 7) is -0.143. The van der Waals surface area contributed by atoms with Gasteiger partial charge in [-0.15, -0.1) is 0 Å². The fourth-order valence-electron chi connectivity index (χ4n) is 5.27. The maximum absolute atomic E-state index is 13.9. The maximum atomic E-state index is 13.9. The maximum Gasteiger partial charge on any atom is 0.328 e. The van der Waals surface area contributed by atoms with Crippen molar-refractivity contribution in [3.63, 3.8) is 0 Å². The molecule has 2 aliphatic rings. The minimum atomic E-state index is -4.37. The number of hydrogen-bond donors (Lipinski definition) is 0. The van der Waals surface area contributed by atoms with Crippen LogP contribution in [0.15, 0.2) is 71.6 Å². The first kappa shape index (κ1) is 26.8. The van der Waals surface area contributed by atoms with E-state index < -0.39 is 49.5 Å². The minimum Gasteiger partial charge on any atom is -0.467 e. The number of sulfonamides is 1. The zero-order chi connectivity index (χ0) is 27.7. The average molecular weight is 552 g/mol. The highest BCUT2D eigenvalue weighted by atomic mass is 32.2. The fraction of sp³-hybridized carbons (Fsp3) is 0.357. The predicted molar refractivity (Wildman–Crippen MR) is 143 cm³/mol. The van der Waals surface area contributed by atoms with Crippen molar-refractivity contribution < 1.29 is 27.7 Å². The van der Waals surface area contributed by atoms with Crippen LogP contribution in [0.2, 0.25) is 0 Å². The van der Waals surface area contributed by atoms with Crippen LogP contribution in [0.1, 0.15) is 24.8 Å². The van der Waals surface area contributed by atoms with E-state index in [2.05, 4.69) is 0 Å². The highest BCUT2D eigenvalue weighted by Crippen LogP contribution is 2.38. The first-order valence-corrected chi connectivity index (χ1v) is 14.3. The van der Waals surface area contributed by atoms with Gasteiger partial charge >= 0.3 is 5.97 Å². The monoisotopic (exact) mass is 551 g/mol. The van der Waals surface area contributed by atoms with E-state index in [0.717, 1.165) is 39.5 Å². The van der Waals surface area contributed by atoms with E-state index in [1.165, 1.54) is 30.2 Å². The number of fused-ring (bicyclic) bond motifs is 1. The van der Waals surface area contributed by atoms with Gasteiger partial charge in [0.2, 0.25) is 5.91 Å². The van der Waals surface area contributed by atoms with Crippen LogP contribution in [0.5, 0.6) is 0 Å². The lowest BCUT2D eigenvalue weighted by Crippen LogP contribution is -2.62. The van der Waals surface area contributed by atoms with Crippen molar-refractivity contribution in [1.29, 1.82) is 0 Å². The number of nitro groups is 1. The van der Waals surface area contributed by atoms with Gasteiger partial charge in [0.1, 0.15) is 12.1 Å². The molecule has 1 saturated carbocycles. The van der Waals surface area contributed by atoms with Crippen LogP contribution >= 0.6 is 0 Å². The molecule has 39 heavy (non-hydrogen) atoms. The quantitative estimate of drug-likeness (QED) is 0.226. The molecule has 0 spiro atoms. The number of rotatable bonds is 9. The number of amides is 1. The van der Waals surface area contributed by atoms with E-state index in [0.29, 0.717) is 6.42 Å². The molecule has 1 amide bonds. The lowest BCUT2D eigenvalue weighted by molar-refractivity contribution is -0.387. The Labute approximate surface area is 226 Å². The normalized spacial score (nSPS) is 19.2. The van der Waals surface area contributed by atoms with Crippen molar-refractivity contribution in [1.82, 2.24) is 9.21 Å². The summed E-state index contributed by atoms with van der Waals surface area (Å²) in [4.78, 5) is 38.7. The van der Waals surface area contributed by atoms with Gasteiger partial charge in [-0.25, -0.2) is 13.2 Å². The molecule has 0 aromatic heterocycles. The molecule has 2 fully saturated rings. The third kappa shape index (κ3) is 5.37. The van der Waals surface area contributed by atoms with E-state index >= 15 is 0 Å². The molecule has 3 aromatic carbocycles. The topological polar surface area (TPSA) is 127 Å². The average Bonchev–Trinajstić information content (AvgIpc) is 3.76. The van der Waals surface area contributed by atoms with Gasteiger partial charge in [0.05, 0.1) is 12.0 Å². The number of piperazine rings is 1. The Morgan fingerprint density at radius 2 is 1.74 bits per heavy atom. The Morgan fingerprint density at radius 3 is 2.44 bits per heavy atom. The van der Waals surface area contributed by atoms with Crippen molar-refractivity contribution in [3.8, 4) is 0 Å². The molecule has 0 radical (unpaired) electrons. The summed E-state index contributed by atoms with van der Waals surface area (Å²) in [6.07, 6.45) is 2.25. The first-order valence-electron chi connectivity index (χ1n) is 12.8. The van der Waals surface area contributed by atoms with Crippen LogP contribution in [0, 0.1) is 16.0 Å². The Hall–Kier alpha value is -3.83. The van der Waals surface area contributed by atoms with Gasteiger partial charge in [-0.05, 0) is 34.7 Å². The summed E-state index contributed by atoms with van der Waals surface area (Å²) in [7, 11) is -3.11. The number of nitrogens with zero attached hydrogens (tertiary/aromatic N) is 3. The number of ether oxygens (including phenoxy) is 1. The number of esters is 1. The van der Waals surface area contributed by atoms with E-state index in [1.54, 1.807) is 0 Å². The highest BCUT2D eigenvalue weighted by molar-refractivity contribution is 7.89. The van der Waals surface area contributed by atoms with Crippen LogP contribution in [-0.4, -0.2) is 66.7 Å². The van der Waals surface area contributed by atoms with E-state index in [1.807, 2.05) is 42.5 Å². The Kier molecular flexibility index (Phi) is 7.37. The molecule has 1 aliphatic carbocycles. The van der Waals surface area contributed by atoms with Crippen molar-refractivity contribution in [2.75, 3.05) is 20.2 Å². The molecule has 0 bridgehead atoms. The standard InChI is InChI=1S/C28H29N3O7S/c1-38-28(33)25(18-20-12-13-21-6-2-3-7-22(21)16-20)29-14-15-30(24(27(29)32)17-19-10-11-19)39(36,37)26-9-5-4-8-23(26)31(34)35/h2-9,12-13,16,19,24-25H,10-11,14-15,17-18H2,1H3/t24-,25-/m0/s1. The third-order valence-electron chi connectivity index (χ3n) is 7.47. The number of carbonyl (C=O) groups is 2. The summed E-state index contributed by atoms with van der Waals surface area (Å²) < 4.78 is 33.6. The van der Waals surface area contributed by atoms with Crippen LogP contribution in [0.25, 0.3) is 10.8 Å². The molecule has 204 valence electrons. The van der Waals surface area contributed by atoms with Crippen molar-refractivity contribution in [3.05, 3.63) is 82.4 Å². The summed E-state index contributed by atoms with van der Waals surface area (Å²) in [6, 6.07) is 16.8. The van der Waals surface area contributed by atoms with E-state index in [4.69, 9.17) is 4.74 Å². The zero-order valence-corrected chi connectivity index (χ0v) is 22.2. The molecule has 5 rings (SSSR count). The van der Waals surface area contributed by atoms with Crippen LogP contribution < -0.4 is 0 Å². The second-order valence-corrected chi connectivity index (χ2v) is 11.9. The lowest BCUT2D eigenvalue weighted by atomic mass is 9.98. The Morgan fingerprint density at radius 1 is 1.05 bits per heavy atom. The Balaban J connectivity index is 1.47. The molecule has 1 saturated heterocycles. The molecule has 0 N–H and O–H groups in total. The van der Waals surface area contributed by atoms with Gasteiger partial charge in [-0.1, -0.05) is 67.4 Å². The summed E-state index contributed by atoms with van der Waals surface area (Å²) >= 11 is 0. The molecule has 0 unspecified atom stereocenters. The van der Waals surface area contributed by atoms with Crippen LogP contribution in [0.3, 0.4) is 0 Å². The first-order chi connectivity index (χ1) is 18.7. The fourth-order valence-corrected chi connectivity index (χ4v) is 7.01. The number of carbonyl (C=O) groups excluding carboxylic acids is 2. The minimum absolute atomic E-state index is 0.0484. The third-order valence-corrected chi connectivity index (χ3v) is 9.43. The molecule has 3 aromatic rings. The summed E-state index contributed by atoms with van der Waals surface area (Å²) in [5, 5.41) is 13.6. The van der Waals surface area contributed by atoms with Crippen molar-refractivity contribution in [2.24, 2.45) is 5.92 Å². The van der Waals surface area contributed by atoms with E-state index in [9.17, 15) is 28.1 Å². The number of nitro benzene ring substituents is 1. The second kappa shape index (κ2) is 10.7. The molecule has 1 heterocycles. The molecular weight excluding hydrogens is 522 g/mol. The zero-order valence-electron chi connectivity index (χ0n) is 21.4. The molecular formula is C28H29N3O7S. The Bertz CT molecular complexity index is 1540. The smallest absolute Gasteiger partial charge is 0.328 e. The molecule has 1 aliphatic heterocycles. The predicted octanol–water partition coefficient (Wildman–Crippen LogP) is 3.53. The van der Waals surface area contributed by atoms with E-state index in [-0.39, 0.29) is 25.4 Å². The highest BCUT2D eigenvalue weighted by Gasteiger charge is 2.48. The van der Waals surface area contributed by atoms with Gasteiger partial charge in [0.15, 0.2) is 4.90 Å². The molecule has 2 atom stereocenters. The van der Waals surface area contributed by atoms with Crippen LogP contribution in [0.4, 0.5) is 5.69 Å². The number of para-hydroxylation sites is 1. The van der Waals surface area contributed by atoms with Gasteiger partial charge in [0, 0.05) is 25.6 Å². The lowest BCUT2D eigenvalue weighted by Gasteiger charge is -2.42. The SMILES string of the molecule is COC(=O)[C@H](Cc1ccc2ccccc2c1)N1CCN(S(=O)(=O)c2ccccc2[N+](=O)[O-])[C@@H](CC2CC2)C1=O. The van der Waals surface area contributed by atoms with Gasteiger partial charge in [0.25, 0.3) is 15.7 Å². The van der Waals surface area contributed by atoms with Gasteiger partial charge in [-0.2, -0.15) is 4.31 Å². The van der Waals surface area contributed by atoms with Crippen molar-refractivity contribution in [2.45, 2.75) is 42.7 Å². The summed E-state index contributed by atoms with van der Waals surface area (Å²) in [5.41, 5.74) is 0.298. The molecule has 11 heteroatoms. The number of methoxy groups -OCH3 is 1.